The van der Waals surface area contributed by atoms with Crippen molar-refractivity contribution in [3.05, 3.63) is 76.6 Å². The van der Waals surface area contributed by atoms with Crippen molar-refractivity contribution in [2.24, 2.45) is 0 Å². The number of hydrogen-bond donors (Lipinski definition) is 0. The van der Waals surface area contributed by atoms with Gasteiger partial charge in [-0.05, 0) is 57.0 Å². The first kappa shape index (κ1) is 20.3. The molecule has 0 bridgehead atoms. The fraction of sp³-hybridized carbons (Fsp3) is 0.292. The highest BCUT2D eigenvalue weighted by molar-refractivity contribution is 7.22. The molecule has 1 amide bonds. The molecule has 5 nitrogen and oxygen atoms in total. The van der Waals surface area contributed by atoms with Crippen LogP contribution in [-0.2, 0) is 17.8 Å². The lowest BCUT2D eigenvalue weighted by Crippen LogP contribution is -2.35. The molecule has 2 aromatic heterocycles. The Morgan fingerprint density at radius 3 is 2.60 bits per heavy atom. The van der Waals surface area contributed by atoms with Crippen molar-refractivity contribution in [2.45, 2.75) is 40.7 Å². The number of nitrogens with zero attached hydrogens (tertiary/aromatic N) is 4. The fourth-order valence-corrected chi connectivity index (χ4v) is 4.66. The Kier molecular flexibility index (Phi) is 5.68. The summed E-state index contributed by atoms with van der Waals surface area (Å²) in [5.74, 6) is 0.0595. The van der Waals surface area contributed by atoms with Crippen molar-refractivity contribution in [2.75, 3.05) is 11.4 Å². The summed E-state index contributed by atoms with van der Waals surface area (Å²) in [6.45, 7) is 9.31. The highest BCUT2D eigenvalue weighted by atomic mass is 32.1. The van der Waals surface area contributed by atoms with Gasteiger partial charge in [-0.1, -0.05) is 47.2 Å². The monoisotopic (exact) mass is 418 g/mol. The van der Waals surface area contributed by atoms with Crippen LogP contribution in [0.15, 0.2) is 48.5 Å². The molecule has 4 aromatic rings. The lowest BCUT2D eigenvalue weighted by atomic mass is 10.0. The van der Waals surface area contributed by atoms with Crippen LogP contribution in [0.5, 0.6) is 0 Å². The van der Waals surface area contributed by atoms with E-state index in [1.807, 2.05) is 47.7 Å². The molecular formula is C24H26N4OS. The Bertz CT molecular complexity index is 1170. The topological polar surface area (TPSA) is 51.0 Å². The van der Waals surface area contributed by atoms with Crippen molar-refractivity contribution in [1.82, 2.24) is 14.8 Å². The zero-order valence-electron chi connectivity index (χ0n) is 17.8. The number of aromatic nitrogens is 3. The first-order chi connectivity index (χ1) is 14.4. The molecule has 6 heteroatoms. The van der Waals surface area contributed by atoms with Gasteiger partial charge in [0.1, 0.15) is 0 Å². The third kappa shape index (κ3) is 4.28. The predicted octanol–water partition coefficient (Wildman–Crippen LogP) is 5.00. The second kappa shape index (κ2) is 8.40. The van der Waals surface area contributed by atoms with Gasteiger partial charge < -0.3 is 0 Å². The van der Waals surface area contributed by atoms with E-state index >= 15 is 0 Å². The Morgan fingerprint density at radius 2 is 1.87 bits per heavy atom. The number of fused-ring (bicyclic) bond motifs is 1. The molecule has 30 heavy (non-hydrogen) atoms. The third-order valence-electron chi connectivity index (χ3n) is 5.30. The van der Waals surface area contributed by atoms with E-state index in [1.54, 1.807) is 11.3 Å². The van der Waals surface area contributed by atoms with Crippen LogP contribution in [0.25, 0.3) is 10.2 Å². The fourth-order valence-electron chi connectivity index (χ4n) is 3.65. The van der Waals surface area contributed by atoms with Gasteiger partial charge in [0.15, 0.2) is 5.13 Å². The van der Waals surface area contributed by atoms with Crippen LogP contribution in [-0.4, -0.2) is 27.2 Å². The second-order valence-electron chi connectivity index (χ2n) is 7.77. The highest BCUT2D eigenvalue weighted by Crippen LogP contribution is 2.29. The van der Waals surface area contributed by atoms with Crippen molar-refractivity contribution < 1.29 is 4.79 Å². The number of carbonyl (C=O) groups is 1. The minimum atomic E-state index is 0.0595. The summed E-state index contributed by atoms with van der Waals surface area (Å²) in [4.78, 5) is 20.0. The first-order valence-electron chi connectivity index (χ1n) is 10.1. The maximum absolute atomic E-state index is 13.4. The molecule has 0 saturated carbocycles. The van der Waals surface area contributed by atoms with E-state index in [9.17, 15) is 4.79 Å². The van der Waals surface area contributed by atoms with Crippen LogP contribution in [0.4, 0.5) is 5.13 Å². The first-order valence-corrected chi connectivity index (χ1v) is 11.0. The zero-order chi connectivity index (χ0) is 21.3. The second-order valence-corrected chi connectivity index (χ2v) is 8.78. The summed E-state index contributed by atoms with van der Waals surface area (Å²) < 4.78 is 3.05. The van der Waals surface area contributed by atoms with Crippen LogP contribution in [0.1, 0.15) is 28.1 Å². The molecule has 0 unspecified atom stereocenters. The molecule has 0 aliphatic rings. The molecule has 0 aliphatic heterocycles. The molecule has 0 spiro atoms. The molecule has 0 N–H and O–H groups in total. The SMILES string of the molecule is Cc1ccc(C)c(CC(=O)N(CCn2nc(C)cc2C)c2nc3ccccc3s2)c1. The number of thiazole rings is 1. The van der Waals surface area contributed by atoms with E-state index in [-0.39, 0.29) is 5.91 Å². The van der Waals surface area contributed by atoms with Gasteiger partial charge in [-0.25, -0.2) is 4.98 Å². The van der Waals surface area contributed by atoms with E-state index in [0.717, 1.165) is 43.4 Å². The van der Waals surface area contributed by atoms with Crippen molar-refractivity contribution >= 4 is 32.6 Å². The summed E-state index contributed by atoms with van der Waals surface area (Å²) in [6.07, 6.45) is 0.362. The average Bonchev–Trinajstić information content (AvgIpc) is 3.27. The van der Waals surface area contributed by atoms with Gasteiger partial charge in [-0.3, -0.25) is 14.4 Å². The zero-order valence-corrected chi connectivity index (χ0v) is 18.7. The van der Waals surface area contributed by atoms with Crippen molar-refractivity contribution in [3.8, 4) is 0 Å². The quantitative estimate of drug-likeness (QED) is 0.443. The van der Waals surface area contributed by atoms with Crippen molar-refractivity contribution in [3.63, 3.8) is 0 Å². The number of anilines is 1. The van der Waals surface area contributed by atoms with Crippen LogP contribution in [0.3, 0.4) is 0 Å². The van der Waals surface area contributed by atoms with E-state index in [2.05, 4.69) is 43.2 Å². The highest BCUT2D eigenvalue weighted by Gasteiger charge is 2.21. The van der Waals surface area contributed by atoms with Gasteiger partial charge in [-0.15, -0.1) is 0 Å². The van der Waals surface area contributed by atoms with Gasteiger partial charge >= 0.3 is 0 Å². The lowest BCUT2D eigenvalue weighted by Gasteiger charge is -2.21. The number of carbonyl (C=O) groups excluding carboxylic acids is 1. The minimum absolute atomic E-state index is 0.0595. The predicted molar refractivity (Wildman–Crippen MR) is 123 cm³/mol. The Morgan fingerprint density at radius 1 is 1.07 bits per heavy atom. The van der Waals surface area contributed by atoms with E-state index in [1.165, 1.54) is 0 Å². The number of aryl methyl sites for hydroxylation is 4. The number of para-hydroxylation sites is 1. The Labute approximate surface area is 181 Å². The van der Waals surface area contributed by atoms with Crippen LogP contribution in [0, 0.1) is 27.7 Å². The standard InChI is InChI=1S/C24H26N4OS/c1-16-9-10-17(2)20(13-16)15-23(29)27(11-12-28-19(4)14-18(3)26-28)24-25-21-7-5-6-8-22(21)30-24/h5-10,13-14H,11-12,15H2,1-4H3. The molecule has 0 radical (unpaired) electrons. The average molecular weight is 419 g/mol. The van der Waals surface area contributed by atoms with Crippen LogP contribution >= 0.6 is 11.3 Å². The molecule has 2 aromatic carbocycles. The maximum Gasteiger partial charge on any atom is 0.233 e. The van der Waals surface area contributed by atoms with Gasteiger partial charge in [0.05, 0.1) is 28.9 Å². The van der Waals surface area contributed by atoms with Crippen LogP contribution in [0.2, 0.25) is 0 Å². The summed E-state index contributed by atoms with van der Waals surface area (Å²) in [6, 6.07) is 16.3. The summed E-state index contributed by atoms with van der Waals surface area (Å²) in [5.41, 5.74) is 6.37. The lowest BCUT2D eigenvalue weighted by molar-refractivity contribution is -0.118. The molecule has 2 heterocycles. The van der Waals surface area contributed by atoms with E-state index in [4.69, 9.17) is 4.98 Å². The molecule has 0 fully saturated rings. The van der Waals surface area contributed by atoms with Gasteiger partial charge in [0.2, 0.25) is 5.91 Å². The van der Waals surface area contributed by atoms with E-state index < -0.39 is 0 Å². The minimum Gasteiger partial charge on any atom is -0.286 e. The van der Waals surface area contributed by atoms with Gasteiger partial charge in [0, 0.05) is 12.2 Å². The van der Waals surface area contributed by atoms with Gasteiger partial charge in [-0.2, -0.15) is 5.10 Å². The molecule has 154 valence electrons. The summed E-state index contributed by atoms with van der Waals surface area (Å²) in [7, 11) is 0. The Hall–Kier alpha value is -2.99. The third-order valence-corrected chi connectivity index (χ3v) is 6.36. The van der Waals surface area contributed by atoms with Gasteiger partial charge in [0.25, 0.3) is 0 Å². The number of rotatable bonds is 6. The smallest absolute Gasteiger partial charge is 0.233 e. The van der Waals surface area contributed by atoms with Crippen LogP contribution < -0.4 is 4.90 Å². The molecular weight excluding hydrogens is 392 g/mol. The number of hydrogen-bond acceptors (Lipinski definition) is 4. The summed E-state index contributed by atoms with van der Waals surface area (Å²) in [5, 5.41) is 5.29. The molecule has 0 atom stereocenters. The number of benzene rings is 2. The molecule has 0 saturated heterocycles. The van der Waals surface area contributed by atoms with E-state index in [0.29, 0.717) is 19.5 Å². The molecule has 4 rings (SSSR count). The summed E-state index contributed by atoms with van der Waals surface area (Å²) >= 11 is 1.56. The number of amides is 1. The normalized spacial score (nSPS) is 11.2. The maximum atomic E-state index is 13.4. The largest absolute Gasteiger partial charge is 0.286 e. The molecule has 0 aliphatic carbocycles. The van der Waals surface area contributed by atoms with Crippen molar-refractivity contribution in [1.29, 1.82) is 0 Å². The Balaban J connectivity index is 1.64.